The molecule has 0 atom stereocenters. The van der Waals surface area contributed by atoms with E-state index in [9.17, 15) is 9.59 Å². The molecular weight excluding hydrogens is 278 g/mol. The van der Waals surface area contributed by atoms with Crippen molar-refractivity contribution in [3.05, 3.63) is 34.9 Å². The molecule has 1 aliphatic heterocycles. The van der Waals surface area contributed by atoms with Gasteiger partial charge < -0.3 is 15.1 Å². The number of aryl methyl sites for hydroxylation is 2. The molecule has 0 bridgehead atoms. The second-order valence-electron chi connectivity index (χ2n) is 5.80. The normalized spacial score (nSPS) is 15.7. The highest BCUT2D eigenvalue weighted by Crippen LogP contribution is 2.09. The third-order valence-electron chi connectivity index (χ3n) is 4.34. The van der Waals surface area contributed by atoms with E-state index in [1.54, 1.807) is 6.07 Å². The molecule has 1 saturated heterocycles. The van der Waals surface area contributed by atoms with Crippen molar-refractivity contribution in [2.45, 2.75) is 20.8 Å². The van der Waals surface area contributed by atoms with Crippen LogP contribution in [0.1, 0.15) is 28.4 Å². The van der Waals surface area contributed by atoms with Crippen molar-refractivity contribution in [1.29, 1.82) is 0 Å². The van der Waals surface area contributed by atoms with Crippen LogP contribution in [0.25, 0.3) is 0 Å². The van der Waals surface area contributed by atoms with Crippen molar-refractivity contribution in [2.24, 2.45) is 0 Å². The van der Waals surface area contributed by atoms with Crippen molar-refractivity contribution in [1.82, 2.24) is 15.1 Å². The molecule has 1 fully saturated rings. The maximum atomic E-state index is 12.1. The van der Waals surface area contributed by atoms with Crippen LogP contribution in [0, 0.1) is 13.8 Å². The van der Waals surface area contributed by atoms with Crippen molar-refractivity contribution >= 4 is 11.8 Å². The Kier molecular flexibility index (Phi) is 5.55. The standard InChI is InChI=1S/C17H25N3O2/c1-4-19-7-9-20(10-8-19)16(21)12-18-17(22)15-6-5-13(2)14(3)11-15/h5-6,11H,4,7-10,12H2,1-3H3,(H,18,22). The molecule has 1 N–H and O–H groups in total. The Morgan fingerprint density at radius 2 is 1.77 bits per heavy atom. The Labute approximate surface area is 132 Å². The van der Waals surface area contributed by atoms with Crippen LogP contribution in [0.2, 0.25) is 0 Å². The first-order valence-corrected chi connectivity index (χ1v) is 7.87. The highest BCUT2D eigenvalue weighted by atomic mass is 16.2. The first-order valence-electron chi connectivity index (χ1n) is 7.87. The lowest BCUT2D eigenvalue weighted by atomic mass is 10.1. The summed E-state index contributed by atoms with van der Waals surface area (Å²) in [5.41, 5.74) is 2.84. The van der Waals surface area contributed by atoms with Crippen LogP contribution in [0.4, 0.5) is 0 Å². The molecule has 0 unspecified atom stereocenters. The summed E-state index contributed by atoms with van der Waals surface area (Å²) in [5, 5.41) is 2.72. The molecule has 2 rings (SSSR count). The van der Waals surface area contributed by atoms with E-state index in [4.69, 9.17) is 0 Å². The van der Waals surface area contributed by atoms with E-state index in [1.807, 2.05) is 30.9 Å². The number of nitrogens with one attached hydrogen (secondary N) is 1. The summed E-state index contributed by atoms with van der Waals surface area (Å²) in [5.74, 6) is -0.198. The van der Waals surface area contributed by atoms with E-state index in [0.717, 1.165) is 43.9 Å². The molecule has 5 heteroatoms. The lowest BCUT2D eigenvalue weighted by Crippen LogP contribution is -2.51. The van der Waals surface area contributed by atoms with Gasteiger partial charge in [-0.2, -0.15) is 0 Å². The summed E-state index contributed by atoms with van der Waals surface area (Å²) in [6.45, 7) is 10.5. The number of nitrogens with zero attached hydrogens (tertiary/aromatic N) is 2. The fourth-order valence-corrected chi connectivity index (χ4v) is 2.57. The van der Waals surface area contributed by atoms with E-state index in [0.29, 0.717) is 5.56 Å². The van der Waals surface area contributed by atoms with Gasteiger partial charge >= 0.3 is 0 Å². The third kappa shape index (κ3) is 4.07. The molecule has 1 heterocycles. The van der Waals surface area contributed by atoms with Gasteiger partial charge in [-0.25, -0.2) is 0 Å². The zero-order chi connectivity index (χ0) is 16.1. The molecule has 1 aliphatic rings. The Hall–Kier alpha value is -1.88. The fraction of sp³-hybridized carbons (Fsp3) is 0.529. The predicted molar refractivity (Wildman–Crippen MR) is 86.9 cm³/mol. The first kappa shape index (κ1) is 16.5. The summed E-state index contributed by atoms with van der Waals surface area (Å²) < 4.78 is 0. The molecule has 0 radical (unpaired) electrons. The van der Waals surface area contributed by atoms with Gasteiger partial charge in [0.1, 0.15) is 0 Å². The summed E-state index contributed by atoms with van der Waals surface area (Å²) in [7, 11) is 0. The quantitative estimate of drug-likeness (QED) is 0.909. The zero-order valence-electron chi connectivity index (χ0n) is 13.7. The van der Waals surface area contributed by atoms with Gasteiger partial charge in [0.05, 0.1) is 6.54 Å². The summed E-state index contributed by atoms with van der Waals surface area (Å²) in [6, 6.07) is 5.58. The molecule has 1 aromatic rings. The maximum absolute atomic E-state index is 12.1. The fourth-order valence-electron chi connectivity index (χ4n) is 2.57. The number of hydrogen-bond acceptors (Lipinski definition) is 3. The number of amides is 2. The number of benzene rings is 1. The second kappa shape index (κ2) is 7.40. The van der Waals surface area contributed by atoms with Gasteiger partial charge in [0.2, 0.25) is 5.91 Å². The van der Waals surface area contributed by atoms with Gasteiger partial charge in [-0.15, -0.1) is 0 Å². The van der Waals surface area contributed by atoms with Gasteiger partial charge in [-0.05, 0) is 43.7 Å². The van der Waals surface area contributed by atoms with Crippen LogP contribution in [-0.4, -0.2) is 60.9 Å². The molecule has 2 amide bonds. The molecule has 0 aromatic heterocycles. The number of piperazine rings is 1. The largest absolute Gasteiger partial charge is 0.343 e. The van der Waals surface area contributed by atoms with Crippen LogP contribution < -0.4 is 5.32 Å². The highest BCUT2D eigenvalue weighted by molar-refractivity contribution is 5.96. The van der Waals surface area contributed by atoms with Crippen molar-refractivity contribution in [3.63, 3.8) is 0 Å². The molecular formula is C17H25N3O2. The van der Waals surface area contributed by atoms with Gasteiger partial charge in [-0.1, -0.05) is 13.0 Å². The Morgan fingerprint density at radius 3 is 2.36 bits per heavy atom. The number of hydrogen-bond donors (Lipinski definition) is 1. The van der Waals surface area contributed by atoms with E-state index in [-0.39, 0.29) is 18.4 Å². The number of carbonyl (C=O) groups is 2. The first-order chi connectivity index (χ1) is 10.5. The Bertz CT molecular complexity index is 549. The summed E-state index contributed by atoms with van der Waals surface area (Å²) in [4.78, 5) is 28.4. The van der Waals surface area contributed by atoms with E-state index >= 15 is 0 Å². The second-order valence-corrected chi connectivity index (χ2v) is 5.80. The minimum Gasteiger partial charge on any atom is -0.343 e. The SMILES string of the molecule is CCN1CCN(C(=O)CNC(=O)c2ccc(C)c(C)c2)CC1. The van der Waals surface area contributed by atoms with E-state index in [2.05, 4.69) is 17.1 Å². The molecule has 22 heavy (non-hydrogen) atoms. The van der Waals surface area contributed by atoms with Crippen molar-refractivity contribution in [3.8, 4) is 0 Å². The average Bonchev–Trinajstić information content (AvgIpc) is 2.54. The maximum Gasteiger partial charge on any atom is 0.251 e. The van der Waals surface area contributed by atoms with Gasteiger partial charge in [0.25, 0.3) is 5.91 Å². The highest BCUT2D eigenvalue weighted by Gasteiger charge is 2.20. The molecule has 0 spiro atoms. The lowest BCUT2D eigenvalue weighted by molar-refractivity contribution is -0.131. The molecule has 1 aromatic carbocycles. The van der Waals surface area contributed by atoms with Crippen LogP contribution in [-0.2, 0) is 4.79 Å². The zero-order valence-corrected chi connectivity index (χ0v) is 13.7. The molecule has 5 nitrogen and oxygen atoms in total. The van der Waals surface area contributed by atoms with Crippen LogP contribution >= 0.6 is 0 Å². The molecule has 120 valence electrons. The third-order valence-corrected chi connectivity index (χ3v) is 4.34. The monoisotopic (exact) mass is 303 g/mol. The van der Waals surface area contributed by atoms with E-state index in [1.165, 1.54) is 0 Å². The topological polar surface area (TPSA) is 52.6 Å². The Morgan fingerprint density at radius 1 is 1.09 bits per heavy atom. The number of carbonyl (C=O) groups excluding carboxylic acids is 2. The minimum absolute atomic E-state index is 0.00654. The molecule has 0 aliphatic carbocycles. The van der Waals surface area contributed by atoms with Crippen molar-refractivity contribution < 1.29 is 9.59 Å². The van der Waals surface area contributed by atoms with Crippen LogP contribution in [0.5, 0.6) is 0 Å². The predicted octanol–water partition coefficient (Wildman–Crippen LogP) is 1.20. The Balaban J connectivity index is 1.83. The van der Waals surface area contributed by atoms with E-state index < -0.39 is 0 Å². The van der Waals surface area contributed by atoms with Gasteiger partial charge in [0, 0.05) is 31.7 Å². The molecule has 0 saturated carbocycles. The number of rotatable bonds is 4. The van der Waals surface area contributed by atoms with Crippen molar-refractivity contribution in [2.75, 3.05) is 39.3 Å². The number of likely N-dealkylation sites (N-methyl/N-ethyl adjacent to an activating group) is 1. The lowest BCUT2D eigenvalue weighted by Gasteiger charge is -2.34. The van der Waals surface area contributed by atoms with Crippen LogP contribution in [0.15, 0.2) is 18.2 Å². The smallest absolute Gasteiger partial charge is 0.251 e. The minimum atomic E-state index is -0.191. The average molecular weight is 303 g/mol. The summed E-state index contributed by atoms with van der Waals surface area (Å²) in [6.07, 6.45) is 0. The summed E-state index contributed by atoms with van der Waals surface area (Å²) >= 11 is 0. The van der Waals surface area contributed by atoms with Crippen LogP contribution in [0.3, 0.4) is 0 Å². The van der Waals surface area contributed by atoms with Gasteiger partial charge in [0.15, 0.2) is 0 Å². The van der Waals surface area contributed by atoms with Gasteiger partial charge in [-0.3, -0.25) is 9.59 Å².